The molecular formula is C14H19BrN2. The number of hydrogen-bond acceptors (Lipinski definition) is 2. The number of likely N-dealkylation sites (N-methyl/N-ethyl adjacent to an activating group) is 1. The fraction of sp³-hybridized carbons (Fsp3) is 0.571. The lowest BCUT2D eigenvalue weighted by molar-refractivity contribution is 0.472. The van der Waals surface area contributed by atoms with Crippen LogP contribution in [0.5, 0.6) is 0 Å². The molecule has 0 unspecified atom stereocenters. The average molecular weight is 295 g/mol. The molecule has 0 atom stereocenters. The summed E-state index contributed by atoms with van der Waals surface area (Å²) in [5.74, 6) is 0. The van der Waals surface area contributed by atoms with Crippen molar-refractivity contribution in [3.8, 4) is 0 Å². The predicted octanol–water partition coefficient (Wildman–Crippen LogP) is 3.93. The molecule has 1 aliphatic carbocycles. The lowest BCUT2D eigenvalue weighted by Crippen LogP contribution is -2.49. The molecule has 2 aliphatic rings. The summed E-state index contributed by atoms with van der Waals surface area (Å²) < 4.78 is 1.20. The van der Waals surface area contributed by atoms with Gasteiger partial charge in [-0.05, 0) is 53.4 Å². The van der Waals surface area contributed by atoms with E-state index in [1.54, 1.807) is 0 Å². The van der Waals surface area contributed by atoms with Gasteiger partial charge in [0.1, 0.15) is 0 Å². The summed E-state index contributed by atoms with van der Waals surface area (Å²) in [6.07, 6.45) is 5.34. The summed E-state index contributed by atoms with van der Waals surface area (Å²) in [6.45, 7) is 3.28. The summed E-state index contributed by atoms with van der Waals surface area (Å²) in [4.78, 5) is 2.40. The molecule has 3 heteroatoms. The van der Waals surface area contributed by atoms with Gasteiger partial charge in [0.25, 0.3) is 0 Å². The number of benzene rings is 1. The third kappa shape index (κ3) is 1.85. The van der Waals surface area contributed by atoms with E-state index in [4.69, 9.17) is 0 Å². The second-order valence-electron chi connectivity index (χ2n) is 5.61. The molecule has 2 nitrogen and oxygen atoms in total. The number of hydrogen-bond donors (Lipinski definition) is 1. The maximum atomic E-state index is 3.81. The van der Waals surface area contributed by atoms with E-state index < -0.39 is 0 Å². The maximum absolute atomic E-state index is 3.81. The predicted molar refractivity (Wildman–Crippen MR) is 77.0 cm³/mol. The second kappa shape index (κ2) is 3.91. The highest BCUT2D eigenvalue weighted by Gasteiger charge is 2.39. The first kappa shape index (κ1) is 11.4. The van der Waals surface area contributed by atoms with Crippen molar-refractivity contribution < 1.29 is 0 Å². The van der Waals surface area contributed by atoms with Crippen LogP contribution in [0, 0.1) is 6.92 Å². The third-order valence-electron chi connectivity index (χ3n) is 4.09. The molecule has 1 aromatic carbocycles. The lowest BCUT2D eigenvalue weighted by atomic mass is 9.93. The van der Waals surface area contributed by atoms with Crippen LogP contribution in [0.3, 0.4) is 0 Å². The smallest absolute Gasteiger partial charge is 0.0744 e. The zero-order chi connectivity index (χ0) is 12.0. The Morgan fingerprint density at radius 1 is 1.29 bits per heavy atom. The van der Waals surface area contributed by atoms with E-state index in [9.17, 15) is 0 Å². The summed E-state index contributed by atoms with van der Waals surface area (Å²) >= 11 is 3.69. The number of nitrogens with one attached hydrogen (secondary N) is 1. The molecule has 1 aliphatic heterocycles. The van der Waals surface area contributed by atoms with Crippen LogP contribution in [0.1, 0.15) is 31.2 Å². The van der Waals surface area contributed by atoms with Gasteiger partial charge in [0.2, 0.25) is 0 Å². The molecule has 0 amide bonds. The van der Waals surface area contributed by atoms with Gasteiger partial charge in [0.15, 0.2) is 0 Å². The van der Waals surface area contributed by atoms with E-state index in [0.29, 0.717) is 5.54 Å². The van der Waals surface area contributed by atoms with Crippen molar-refractivity contribution in [2.24, 2.45) is 0 Å². The molecule has 0 radical (unpaired) electrons. The van der Waals surface area contributed by atoms with Crippen molar-refractivity contribution in [3.05, 3.63) is 22.2 Å². The Morgan fingerprint density at radius 3 is 2.71 bits per heavy atom. The Labute approximate surface area is 112 Å². The van der Waals surface area contributed by atoms with Crippen LogP contribution >= 0.6 is 15.9 Å². The normalized spacial score (nSPS) is 21.5. The van der Waals surface area contributed by atoms with E-state index in [-0.39, 0.29) is 0 Å². The van der Waals surface area contributed by atoms with Crippen LogP contribution in [0.15, 0.2) is 16.6 Å². The number of halogens is 1. The van der Waals surface area contributed by atoms with Gasteiger partial charge in [-0.15, -0.1) is 0 Å². The first-order valence-corrected chi connectivity index (χ1v) is 7.18. The standard InChI is InChI=1S/C14H19BrN2/c1-10-7-11(15)13-12(8-10)16-14(9-17(13)2)5-3-4-6-14/h7-8,16H,3-6,9H2,1-2H3. The Bertz CT molecular complexity index is 450. The molecule has 1 fully saturated rings. The fourth-order valence-corrected chi connectivity index (χ4v) is 4.29. The molecule has 3 rings (SSSR count). The van der Waals surface area contributed by atoms with Crippen molar-refractivity contribution >= 4 is 27.3 Å². The van der Waals surface area contributed by atoms with E-state index in [1.807, 2.05) is 0 Å². The summed E-state index contributed by atoms with van der Waals surface area (Å²) in [6, 6.07) is 4.47. The number of anilines is 2. The Balaban J connectivity index is 2.05. The summed E-state index contributed by atoms with van der Waals surface area (Å²) in [5, 5.41) is 3.81. The van der Waals surface area contributed by atoms with Crippen molar-refractivity contribution in [3.63, 3.8) is 0 Å². The van der Waals surface area contributed by atoms with Gasteiger partial charge in [0, 0.05) is 18.1 Å². The van der Waals surface area contributed by atoms with Crippen molar-refractivity contribution in [1.29, 1.82) is 0 Å². The van der Waals surface area contributed by atoms with Gasteiger partial charge in [0.05, 0.1) is 16.9 Å². The molecule has 1 saturated carbocycles. The molecule has 0 saturated heterocycles. The van der Waals surface area contributed by atoms with Crippen molar-refractivity contribution in [1.82, 2.24) is 0 Å². The average Bonchev–Trinajstić information content (AvgIpc) is 2.63. The van der Waals surface area contributed by atoms with Gasteiger partial charge in [-0.25, -0.2) is 0 Å². The number of rotatable bonds is 0. The molecule has 0 aromatic heterocycles. The topological polar surface area (TPSA) is 15.3 Å². The van der Waals surface area contributed by atoms with Crippen LogP contribution in [0.4, 0.5) is 11.4 Å². The van der Waals surface area contributed by atoms with Crippen LogP contribution in [0.2, 0.25) is 0 Å². The van der Waals surface area contributed by atoms with Crippen LogP contribution in [0.25, 0.3) is 0 Å². The molecule has 92 valence electrons. The number of aryl methyl sites for hydroxylation is 1. The zero-order valence-corrected chi connectivity index (χ0v) is 12.1. The quantitative estimate of drug-likeness (QED) is 0.780. The first-order valence-electron chi connectivity index (χ1n) is 6.39. The van der Waals surface area contributed by atoms with Gasteiger partial charge < -0.3 is 10.2 Å². The minimum absolute atomic E-state index is 0.328. The van der Waals surface area contributed by atoms with Gasteiger partial charge in [-0.3, -0.25) is 0 Å². The number of fused-ring (bicyclic) bond motifs is 1. The summed E-state index contributed by atoms with van der Waals surface area (Å²) in [5.41, 5.74) is 4.25. The maximum Gasteiger partial charge on any atom is 0.0744 e. The second-order valence-corrected chi connectivity index (χ2v) is 6.47. The fourth-order valence-electron chi connectivity index (χ4n) is 3.41. The molecule has 1 heterocycles. The lowest BCUT2D eigenvalue weighted by Gasteiger charge is -2.43. The van der Waals surface area contributed by atoms with Crippen LogP contribution < -0.4 is 10.2 Å². The third-order valence-corrected chi connectivity index (χ3v) is 4.69. The van der Waals surface area contributed by atoms with E-state index in [1.165, 1.54) is 47.1 Å². The Hall–Kier alpha value is -0.700. The highest BCUT2D eigenvalue weighted by molar-refractivity contribution is 9.10. The highest BCUT2D eigenvalue weighted by atomic mass is 79.9. The van der Waals surface area contributed by atoms with Gasteiger partial charge in [-0.2, -0.15) is 0 Å². The zero-order valence-electron chi connectivity index (χ0n) is 10.5. The van der Waals surface area contributed by atoms with Gasteiger partial charge >= 0.3 is 0 Å². The molecule has 17 heavy (non-hydrogen) atoms. The largest absolute Gasteiger partial charge is 0.376 e. The molecule has 1 aromatic rings. The van der Waals surface area contributed by atoms with Crippen LogP contribution in [-0.4, -0.2) is 19.1 Å². The van der Waals surface area contributed by atoms with Crippen molar-refractivity contribution in [2.45, 2.75) is 38.1 Å². The Kier molecular flexibility index (Phi) is 2.62. The van der Waals surface area contributed by atoms with E-state index in [2.05, 4.69) is 52.3 Å². The van der Waals surface area contributed by atoms with Gasteiger partial charge in [-0.1, -0.05) is 12.8 Å². The molecule has 1 spiro atoms. The van der Waals surface area contributed by atoms with Crippen molar-refractivity contribution in [2.75, 3.05) is 23.8 Å². The number of nitrogens with zero attached hydrogens (tertiary/aromatic N) is 1. The van der Waals surface area contributed by atoms with Crippen LogP contribution in [-0.2, 0) is 0 Å². The monoisotopic (exact) mass is 294 g/mol. The first-order chi connectivity index (χ1) is 8.10. The highest BCUT2D eigenvalue weighted by Crippen LogP contribution is 2.44. The molecule has 1 N–H and O–H groups in total. The summed E-state index contributed by atoms with van der Waals surface area (Å²) in [7, 11) is 2.21. The SMILES string of the molecule is Cc1cc(Br)c2c(c1)NC1(CCCC1)CN2C. The van der Waals surface area contributed by atoms with E-state index in [0.717, 1.165) is 6.54 Å². The van der Waals surface area contributed by atoms with E-state index >= 15 is 0 Å². The Morgan fingerprint density at radius 2 is 2.00 bits per heavy atom. The minimum atomic E-state index is 0.328. The molecular weight excluding hydrogens is 276 g/mol. The minimum Gasteiger partial charge on any atom is -0.376 e. The molecule has 0 bridgehead atoms.